The van der Waals surface area contributed by atoms with E-state index in [9.17, 15) is 13.2 Å². The van der Waals surface area contributed by atoms with Gasteiger partial charge in [-0.2, -0.15) is 0 Å². The molecule has 5 nitrogen and oxygen atoms in total. The normalized spacial score (nSPS) is 12.4. The highest BCUT2D eigenvalue weighted by molar-refractivity contribution is 7.89. The number of benzene rings is 1. The van der Waals surface area contributed by atoms with Gasteiger partial charge >= 0.3 is 5.97 Å². The summed E-state index contributed by atoms with van der Waals surface area (Å²) in [5.74, 6) is -1.26. The average molecular weight is 320 g/mol. The van der Waals surface area contributed by atoms with Crippen LogP contribution in [0.4, 0.5) is 0 Å². The Morgan fingerprint density at radius 3 is 2.35 bits per heavy atom. The van der Waals surface area contributed by atoms with Gasteiger partial charge in [0, 0.05) is 5.54 Å². The summed E-state index contributed by atoms with van der Waals surface area (Å²) in [5.41, 5.74) is -0.800. The second-order valence-electron chi connectivity index (χ2n) is 4.82. The van der Waals surface area contributed by atoms with Crippen molar-refractivity contribution in [1.29, 1.82) is 0 Å². The molecule has 0 amide bonds. The van der Waals surface area contributed by atoms with Crippen LogP contribution in [0, 0.1) is 0 Å². The Hall–Kier alpha value is -1.11. The lowest BCUT2D eigenvalue weighted by Crippen LogP contribution is -2.44. The molecule has 0 atom stereocenters. The largest absolute Gasteiger partial charge is 0.478 e. The van der Waals surface area contributed by atoms with Gasteiger partial charge < -0.3 is 5.11 Å². The highest BCUT2D eigenvalue weighted by atomic mass is 35.5. The molecule has 0 unspecified atom stereocenters. The number of hydrogen-bond donors (Lipinski definition) is 2. The van der Waals surface area contributed by atoms with Crippen LogP contribution < -0.4 is 4.72 Å². The summed E-state index contributed by atoms with van der Waals surface area (Å²) in [6.45, 7) is 5.58. The molecule has 0 radical (unpaired) electrons. The molecule has 7 heteroatoms. The van der Waals surface area contributed by atoms with E-state index in [4.69, 9.17) is 16.7 Å². The molecule has 0 fully saturated rings. The Bertz CT molecular complexity index is 609. The van der Waals surface area contributed by atoms with Gasteiger partial charge in [0.05, 0.1) is 15.5 Å². The van der Waals surface area contributed by atoms with E-state index < -0.39 is 21.5 Å². The number of aromatic carboxylic acids is 1. The van der Waals surface area contributed by atoms with E-state index in [1.54, 1.807) is 6.92 Å². The molecule has 0 aromatic heterocycles. The first-order valence-electron chi connectivity index (χ1n) is 6.22. The molecule has 0 spiro atoms. The summed E-state index contributed by atoms with van der Waals surface area (Å²) in [4.78, 5) is 10.9. The number of sulfonamides is 1. The van der Waals surface area contributed by atoms with Crippen LogP contribution in [0.25, 0.3) is 0 Å². The second-order valence-corrected chi connectivity index (χ2v) is 6.91. The van der Waals surface area contributed by atoms with Gasteiger partial charge in [-0.05, 0) is 38.0 Å². The summed E-state index contributed by atoms with van der Waals surface area (Å²) < 4.78 is 27.2. The third-order valence-corrected chi connectivity index (χ3v) is 5.39. The van der Waals surface area contributed by atoms with E-state index in [0.717, 1.165) is 6.07 Å². The molecule has 1 aromatic rings. The number of rotatable bonds is 6. The second kappa shape index (κ2) is 6.11. The van der Waals surface area contributed by atoms with Crippen LogP contribution in [-0.2, 0) is 10.0 Å². The van der Waals surface area contributed by atoms with Gasteiger partial charge in [0.25, 0.3) is 0 Å². The number of halogens is 1. The first kappa shape index (κ1) is 16.9. The maximum atomic E-state index is 12.3. The number of carbonyl (C=O) groups is 1. The molecule has 1 aromatic carbocycles. The molecule has 0 heterocycles. The molecular weight excluding hydrogens is 302 g/mol. The molecule has 20 heavy (non-hydrogen) atoms. The lowest BCUT2D eigenvalue weighted by molar-refractivity contribution is 0.0697. The summed E-state index contributed by atoms with van der Waals surface area (Å²) in [5, 5.41) is 8.99. The van der Waals surface area contributed by atoms with Gasteiger partial charge in [-0.1, -0.05) is 25.4 Å². The van der Waals surface area contributed by atoms with Crippen molar-refractivity contribution in [1.82, 2.24) is 4.72 Å². The molecule has 0 bridgehead atoms. The molecule has 0 saturated carbocycles. The van der Waals surface area contributed by atoms with E-state index in [1.807, 2.05) is 13.8 Å². The summed E-state index contributed by atoms with van der Waals surface area (Å²) in [7, 11) is -3.79. The molecule has 2 N–H and O–H groups in total. The maximum absolute atomic E-state index is 12.3. The predicted molar refractivity (Wildman–Crippen MR) is 77.7 cm³/mol. The number of carboxylic acids is 1. The quantitative estimate of drug-likeness (QED) is 0.844. The molecule has 1 rings (SSSR count). The summed E-state index contributed by atoms with van der Waals surface area (Å²) in [6, 6.07) is 3.64. The van der Waals surface area contributed by atoms with Crippen molar-refractivity contribution >= 4 is 27.6 Å². The van der Waals surface area contributed by atoms with Crippen molar-refractivity contribution in [2.45, 2.75) is 44.0 Å². The zero-order valence-corrected chi connectivity index (χ0v) is 13.2. The third-order valence-electron chi connectivity index (χ3n) is 3.42. The summed E-state index contributed by atoms with van der Waals surface area (Å²) in [6.07, 6.45) is 1.25. The zero-order chi connectivity index (χ0) is 15.6. The Labute approximate surface area is 124 Å². The topological polar surface area (TPSA) is 83.5 Å². The first-order valence-corrected chi connectivity index (χ1v) is 8.08. The minimum atomic E-state index is -3.79. The fraction of sp³-hybridized carbons (Fsp3) is 0.462. The third kappa shape index (κ3) is 3.71. The molecule has 0 aliphatic rings. The van der Waals surface area contributed by atoms with Crippen LogP contribution in [0.15, 0.2) is 23.1 Å². The standard InChI is InChI=1S/C13H18ClNO4S/c1-4-13(3,5-2)15-20(18,19)9-6-7-11(14)10(8-9)12(16)17/h6-8,15H,4-5H2,1-3H3,(H,16,17). The van der Waals surface area contributed by atoms with Gasteiger partial charge in [0.2, 0.25) is 10.0 Å². The Balaban J connectivity index is 3.23. The Morgan fingerprint density at radius 2 is 1.90 bits per heavy atom. The number of hydrogen-bond acceptors (Lipinski definition) is 3. The van der Waals surface area contributed by atoms with E-state index in [1.165, 1.54) is 12.1 Å². The fourth-order valence-electron chi connectivity index (χ4n) is 1.61. The van der Waals surface area contributed by atoms with Crippen LogP contribution in [-0.4, -0.2) is 25.0 Å². The molecule has 112 valence electrons. The highest BCUT2D eigenvalue weighted by Gasteiger charge is 2.28. The summed E-state index contributed by atoms with van der Waals surface area (Å²) >= 11 is 5.73. The molecule has 0 saturated heterocycles. The molecular formula is C13H18ClNO4S. The minimum Gasteiger partial charge on any atom is -0.478 e. The van der Waals surface area contributed by atoms with E-state index in [-0.39, 0.29) is 15.5 Å². The zero-order valence-electron chi connectivity index (χ0n) is 11.6. The van der Waals surface area contributed by atoms with Crippen LogP contribution >= 0.6 is 11.6 Å². The Kier molecular flexibility index (Phi) is 5.18. The van der Waals surface area contributed by atoms with Crippen molar-refractivity contribution in [2.75, 3.05) is 0 Å². The van der Waals surface area contributed by atoms with Crippen molar-refractivity contribution in [3.05, 3.63) is 28.8 Å². The van der Waals surface area contributed by atoms with Crippen molar-refractivity contribution < 1.29 is 18.3 Å². The lowest BCUT2D eigenvalue weighted by atomic mass is 9.98. The minimum absolute atomic E-state index is 0.00481. The SMILES string of the molecule is CCC(C)(CC)NS(=O)(=O)c1ccc(Cl)c(C(=O)O)c1. The van der Waals surface area contributed by atoms with Gasteiger partial charge in [-0.15, -0.1) is 0 Å². The van der Waals surface area contributed by atoms with Gasteiger partial charge in [-0.25, -0.2) is 17.9 Å². The van der Waals surface area contributed by atoms with E-state index >= 15 is 0 Å². The van der Waals surface area contributed by atoms with Crippen molar-refractivity contribution in [3.8, 4) is 0 Å². The van der Waals surface area contributed by atoms with Crippen LogP contribution in [0.3, 0.4) is 0 Å². The van der Waals surface area contributed by atoms with Gasteiger partial charge in [-0.3, -0.25) is 0 Å². The van der Waals surface area contributed by atoms with Gasteiger partial charge in [0.15, 0.2) is 0 Å². The lowest BCUT2D eigenvalue weighted by Gasteiger charge is -2.27. The van der Waals surface area contributed by atoms with Crippen molar-refractivity contribution in [3.63, 3.8) is 0 Å². The van der Waals surface area contributed by atoms with Gasteiger partial charge in [0.1, 0.15) is 0 Å². The maximum Gasteiger partial charge on any atom is 0.337 e. The van der Waals surface area contributed by atoms with Crippen LogP contribution in [0.2, 0.25) is 5.02 Å². The van der Waals surface area contributed by atoms with Crippen LogP contribution in [0.1, 0.15) is 44.0 Å². The van der Waals surface area contributed by atoms with Crippen LogP contribution in [0.5, 0.6) is 0 Å². The monoisotopic (exact) mass is 319 g/mol. The van der Waals surface area contributed by atoms with E-state index in [2.05, 4.69) is 4.72 Å². The van der Waals surface area contributed by atoms with Crippen molar-refractivity contribution in [2.24, 2.45) is 0 Å². The fourth-order valence-corrected chi connectivity index (χ4v) is 3.39. The average Bonchev–Trinajstić information content (AvgIpc) is 2.38. The molecule has 0 aliphatic heterocycles. The smallest absolute Gasteiger partial charge is 0.337 e. The molecule has 0 aliphatic carbocycles. The number of nitrogens with one attached hydrogen (secondary N) is 1. The predicted octanol–water partition coefficient (Wildman–Crippen LogP) is 2.90. The first-order chi connectivity index (χ1) is 9.15. The highest BCUT2D eigenvalue weighted by Crippen LogP contribution is 2.23. The Morgan fingerprint density at radius 1 is 1.35 bits per heavy atom. The number of carboxylic acid groups (broad SMARTS) is 1. The van der Waals surface area contributed by atoms with E-state index in [0.29, 0.717) is 12.8 Å².